The van der Waals surface area contributed by atoms with Crippen LogP contribution in [0.5, 0.6) is 0 Å². The third-order valence-electron chi connectivity index (χ3n) is 2.17. The van der Waals surface area contributed by atoms with Crippen LogP contribution in [0.1, 0.15) is 40.5 Å². The fraction of sp³-hybridized carbons (Fsp3) is 0.900. The van der Waals surface area contributed by atoms with Crippen LogP contribution in [0.3, 0.4) is 0 Å². The fourth-order valence-electron chi connectivity index (χ4n) is 1.23. The van der Waals surface area contributed by atoms with E-state index in [1.807, 2.05) is 27.7 Å². The Hall–Kier alpha value is -0.730. The minimum atomic E-state index is -0.421. The van der Waals surface area contributed by atoms with Crippen molar-refractivity contribution in [3.05, 3.63) is 10.4 Å². The van der Waals surface area contributed by atoms with Crippen LogP contribution in [0.2, 0.25) is 0 Å². The molecule has 0 saturated heterocycles. The molecule has 0 spiro atoms. The topological polar surface area (TPSA) is 61.1 Å². The molecule has 4 nitrogen and oxygen atoms in total. The number of hydrogen-bond donors (Lipinski definition) is 0. The van der Waals surface area contributed by atoms with Crippen LogP contribution in [0.15, 0.2) is 10.1 Å². The molecule has 0 aliphatic carbocycles. The molecule has 0 aromatic carbocycles. The fourth-order valence-corrected chi connectivity index (χ4v) is 1.41. The number of hydrogen-bond acceptors (Lipinski definition) is 2. The maximum atomic E-state index is 8.13. The predicted molar refractivity (Wildman–Crippen MR) is 65.8 cm³/mol. The van der Waals surface area contributed by atoms with Crippen LogP contribution in [0.25, 0.3) is 10.4 Å². The average molecular weight is 231 g/mol. The Morgan fingerprint density at radius 1 is 1.53 bits per heavy atom. The first kappa shape index (κ1) is 14.3. The largest absolute Gasteiger partial charge is 0.290 e. The minimum Gasteiger partial charge on any atom is -0.290 e. The second-order valence-corrected chi connectivity index (χ2v) is 4.90. The first-order chi connectivity index (χ1) is 6.90. The molecule has 1 atom stereocenters. The summed E-state index contributed by atoms with van der Waals surface area (Å²) in [5.41, 5.74) is 9.07. The summed E-state index contributed by atoms with van der Waals surface area (Å²) < 4.78 is 0. The summed E-state index contributed by atoms with van der Waals surface area (Å²) in [6, 6.07) is 0.264. The van der Waals surface area contributed by atoms with Crippen molar-refractivity contribution in [3.63, 3.8) is 0 Å². The molecule has 0 amide bonds. The molecule has 5 heteroatoms. The smallest absolute Gasteiger partial charge is 0.0791 e. The van der Waals surface area contributed by atoms with Crippen LogP contribution >= 0.6 is 11.6 Å². The van der Waals surface area contributed by atoms with Crippen molar-refractivity contribution in [2.45, 2.75) is 51.5 Å². The summed E-state index contributed by atoms with van der Waals surface area (Å²) in [4.78, 5) is 6.71. The Balaban J connectivity index is 4.21. The summed E-state index contributed by atoms with van der Waals surface area (Å²) in [7, 11) is 0. The van der Waals surface area contributed by atoms with Gasteiger partial charge < -0.3 is 0 Å². The van der Waals surface area contributed by atoms with E-state index >= 15 is 0 Å². The highest BCUT2D eigenvalue weighted by atomic mass is 35.5. The van der Waals surface area contributed by atoms with Gasteiger partial charge in [0.15, 0.2) is 0 Å². The van der Waals surface area contributed by atoms with Crippen LogP contribution in [-0.4, -0.2) is 23.2 Å². The quantitative estimate of drug-likeness (QED) is 0.166. The molecule has 0 aliphatic heterocycles. The summed E-state index contributed by atoms with van der Waals surface area (Å²) in [6.07, 6.45) is 1.56. The van der Waals surface area contributed by atoms with Crippen LogP contribution in [0.4, 0.5) is 0 Å². The van der Waals surface area contributed by atoms with Gasteiger partial charge in [-0.3, -0.25) is 4.99 Å². The SMILES string of the molecule is CC(=NC(C)C)C(C)(Cl)CCCN=[N+]=[N-]. The lowest BCUT2D eigenvalue weighted by molar-refractivity contribution is 0.660. The van der Waals surface area contributed by atoms with Crippen molar-refractivity contribution in [3.8, 4) is 0 Å². The molecule has 86 valence electrons. The Bertz CT molecular complexity index is 265. The lowest BCUT2D eigenvalue weighted by Gasteiger charge is -2.22. The van der Waals surface area contributed by atoms with E-state index in [0.717, 1.165) is 18.6 Å². The highest BCUT2D eigenvalue weighted by Crippen LogP contribution is 2.23. The monoisotopic (exact) mass is 230 g/mol. The lowest BCUT2D eigenvalue weighted by atomic mass is 9.99. The standard InChI is InChI=1S/C10H19ClN4/c1-8(2)14-9(3)10(4,11)6-5-7-13-15-12/h8H,5-7H2,1-4H3. The molecule has 0 aliphatic rings. The summed E-state index contributed by atoms with van der Waals surface area (Å²) in [5, 5.41) is 3.48. The molecule has 0 radical (unpaired) electrons. The van der Waals surface area contributed by atoms with Gasteiger partial charge in [0.1, 0.15) is 0 Å². The average Bonchev–Trinajstić information content (AvgIpc) is 2.11. The maximum Gasteiger partial charge on any atom is 0.0791 e. The molecule has 0 aromatic rings. The van der Waals surface area contributed by atoms with Gasteiger partial charge in [0.2, 0.25) is 0 Å². The number of rotatable bonds is 6. The van der Waals surface area contributed by atoms with Crippen molar-refractivity contribution < 1.29 is 0 Å². The third-order valence-corrected chi connectivity index (χ3v) is 2.64. The Kier molecular flexibility index (Phi) is 6.37. The summed E-state index contributed by atoms with van der Waals surface area (Å²) in [6.45, 7) is 8.44. The molecule has 1 unspecified atom stereocenters. The van der Waals surface area contributed by atoms with Crippen LogP contribution in [-0.2, 0) is 0 Å². The first-order valence-corrected chi connectivity index (χ1v) is 5.52. The van der Waals surface area contributed by atoms with Gasteiger partial charge in [-0.1, -0.05) is 5.11 Å². The molecular weight excluding hydrogens is 212 g/mol. The van der Waals surface area contributed by atoms with Gasteiger partial charge in [-0.2, -0.15) is 0 Å². The number of azide groups is 1. The zero-order valence-electron chi connectivity index (χ0n) is 9.87. The normalized spacial score (nSPS) is 16.0. The third kappa shape index (κ3) is 6.37. The molecule has 0 fully saturated rings. The van der Waals surface area contributed by atoms with E-state index < -0.39 is 4.87 Å². The molecule has 15 heavy (non-hydrogen) atoms. The van der Waals surface area contributed by atoms with Crippen molar-refractivity contribution >= 4 is 17.3 Å². The Morgan fingerprint density at radius 3 is 2.60 bits per heavy atom. The number of aliphatic imine (C=N–C) groups is 1. The summed E-state index contributed by atoms with van der Waals surface area (Å²) in [5.74, 6) is 0. The first-order valence-electron chi connectivity index (χ1n) is 5.15. The molecule has 0 heterocycles. The van der Waals surface area contributed by atoms with Gasteiger partial charge in [-0.15, -0.1) is 11.6 Å². The van der Waals surface area contributed by atoms with E-state index in [-0.39, 0.29) is 6.04 Å². The van der Waals surface area contributed by atoms with E-state index in [9.17, 15) is 0 Å². The van der Waals surface area contributed by atoms with Gasteiger partial charge in [0, 0.05) is 23.2 Å². The number of nitrogens with zero attached hydrogens (tertiary/aromatic N) is 4. The zero-order chi connectivity index (χ0) is 11.9. The lowest BCUT2D eigenvalue weighted by Crippen LogP contribution is -2.27. The van der Waals surface area contributed by atoms with Crippen molar-refractivity contribution in [1.82, 2.24) is 0 Å². The maximum absolute atomic E-state index is 8.13. The summed E-state index contributed by atoms with van der Waals surface area (Å²) >= 11 is 6.34. The van der Waals surface area contributed by atoms with Crippen LogP contribution < -0.4 is 0 Å². The highest BCUT2D eigenvalue weighted by Gasteiger charge is 2.23. The zero-order valence-corrected chi connectivity index (χ0v) is 10.6. The minimum absolute atomic E-state index is 0.264. The Labute approximate surface area is 96.4 Å². The Morgan fingerprint density at radius 2 is 2.13 bits per heavy atom. The molecule has 0 rings (SSSR count). The number of alkyl halides is 1. The van der Waals surface area contributed by atoms with Crippen molar-refractivity contribution in [2.75, 3.05) is 6.54 Å². The van der Waals surface area contributed by atoms with E-state index in [0.29, 0.717) is 6.54 Å². The second kappa shape index (κ2) is 6.70. The van der Waals surface area contributed by atoms with Crippen LogP contribution in [0, 0.1) is 0 Å². The van der Waals surface area contributed by atoms with Crippen molar-refractivity contribution in [1.29, 1.82) is 0 Å². The van der Waals surface area contributed by atoms with Gasteiger partial charge in [0.05, 0.1) is 4.87 Å². The number of halogens is 1. The van der Waals surface area contributed by atoms with E-state index in [2.05, 4.69) is 15.0 Å². The van der Waals surface area contributed by atoms with E-state index in [1.165, 1.54) is 0 Å². The van der Waals surface area contributed by atoms with Crippen molar-refractivity contribution in [2.24, 2.45) is 10.1 Å². The predicted octanol–water partition coefficient (Wildman–Crippen LogP) is 3.94. The molecular formula is C10H19ClN4. The molecule has 0 N–H and O–H groups in total. The molecule has 0 bridgehead atoms. The van der Waals surface area contributed by atoms with Gasteiger partial charge in [-0.25, -0.2) is 0 Å². The van der Waals surface area contributed by atoms with Gasteiger partial charge in [0.25, 0.3) is 0 Å². The highest BCUT2D eigenvalue weighted by molar-refractivity contribution is 6.35. The second-order valence-electron chi connectivity index (χ2n) is 4.06. The van der Waals surface area contributed by atoms with E-state index in [1.54, 1.807) is 0 Å². The van der Waals surface area contributed by atoms with Gasteiger partial charge >= 0.3 is 0 Å². The molecule has 0 aromatic heterocycles. The molecule has 0 saturated carbocycles. The van der Waals surface area contributed by atoms with E-state index in [4.69, 9.17) is 17.1 Å². The van der Waals surface area contributed by atoms with Gasteiger partial charge in [-0.05, 0) is 46.1 Å².